The highest BCUT2D eigenvalue weighted by Gasteiger charge is 2.16. The Morgan fingerprint density at radius 3 is 2.78 bits per heavy atom. The van der Waals surface area contributed by atoms with Gasteiger partial charge in [0.15, 0.2) is 0 Å². The second kappa shape index (κ2) is 6.12. The fourth-order valence-corrected chi connectivity index (χ4v) is 3.11. The Labute approximate surface area is 113 Å². The predicted molar refractivity (Wildman–Crippen MR) is 78.2 cm³/mol. The van der Waals surface area contributed by atoms with Crippen molar-refractivity contribution in [1.82, 2.24) is 10.3 Å². The number of hydrogen-bond acceptors (Lipinski definition) is 3. The molecule has 0 saturated heterocycles. The van der Waals surface area contributed by atoms with Gasteiger partial charge < -0.3 is 5.32 Å². The van der Waals surface area contributed by atoms with Crippen LogP contribution in [0.3, 0.4) is 0 Å². The van der Waals surface area contributed by atoms with Crippen LogP contribution in [0.15, 0.2) is 29.8 Å². The van der Waals surface area contributed by atoms with Gasteiger partial charge in [-0.25, -0.2) is 0 Å². The Hall–Kier alpha value is -1.19. The normalized spacial score (nSPS) is 12.6. The average Bonchev–Trinajstić information content (AvgIpc) is 2.77. The summed E-state index contributed by atoms with van der Waals surface area (Å²) in [5.41, 5.74) is 3.74. The molecule has 0 radical (unpaired) electrons. The minimum atomic E-state index is 0.298. The van der Waals surface area contributed by atoms with Crippen LogP contribution in [0.25, 0.3) is 0 Å². The summed E-state index contributed by atoms with van der Waals surface area (Å²) in [4.78, 5) is 5.69. The van der Waals surface area contributed by atoms with Gasteiger partial charge in [0, 0.05) is 16.8 Å². The molecule has 0 aliphatic rings. The highest BCUT2D eigenvalue weighted by atomic mass is 32.1. The van der Waals surface area contributed by atoms with Crippen LogP contribution in [0.2, 0.25) is 0 Å². The smallest absolute Gasteiger partial charge is 0.0674 e. The lowest BCUT2D eigenvalue weighted by Crippen LogP contribution is -2.23. The average molecular weight is 260 g/mol. The number of nitrogens with zero attached hydrogens (tertiary/aromatic N) is 1. The van der Waals surface area contributed by atoms with E-state index < -0.39 is 0 Å². The van der Waals surface area contributed by atoms with E-state index in [0.717, 1.165) is 18.7 Å². The van der Waals surface area contributed by atoms with Crippen molar-refractivity contribution in [1.29, 1.82) is 0 Å². The van der Waals surface area contributed by atoms with Crippen LogP contribution in [0.1, 0.15) is 41.1 Å². The summed E-state index contributed by atoms with van der Waals surface area (Å²) < 4.78 is 0. The van der Waals surface area contributed by atoms with Gasteiger partial charge in [0.2, 0.25) is 0 Å². The van der Waals surface area contributed by atoms with Crippen molar-refractivity contribution in [3.63, 3.8) is 0 Å². The quantitative estimate of drug-likeness (QED) is 0.883. The third kappa shape index (κ3) is 2.98. The summed E-state index contributed by atoms with van der Waals surface area (Å²) in [7, 11) is 0. The molecule has 2 aromatic rings. The van der Waals surface area contributed by atoms with Crippen molar-refractivity contribution >= 4 is 11.3 Å². The molecule has 1 N–H and O–H groups in total. The first-order valence-corrected chi connectivity index (χ1v) is 7.30. The van der Waals surface area contributed by atoms with Crippen LogP contribution in [-0.4, -0.2) is 11.5 Å². The lowest BCUT2D eigenvalue weighted by molar-refractivity contribution is 0.603. The SMILES string of the molecule is CCCNC(c1ccnc(C)c1)c1sccc1C. The summed E-state index contributed by atoms with van der Waals surface area (Å²) in [6, 6.07) is 6.77. The maximum atomic E-state index is 4.28. The number of aryl methyl sites for hydroxylation is 2. The molecule has 0 aliphatic heterocycles. The lowest BCUT2D eigenvalue weighted by Gasteiger charge is -2.19. The number of rotatable bonds is 5. The van der Waals surface area contributed by atoms with Gasteiger partial charge in [0.05, 0.1) is 6.04 Å². The van der Waals surface area contributed by atoms with Crippen LogP contribution in [0.4, 0.5) is 0 Å². The summed E-state index contributed by atoms with van der Waals surface area (Å²) in [6.07, 6.45) is 3.04. The molecule has 0 amide bonds. The second-order valence-electron chi connectivity index (χ2n) is 4.59. The number of aromatic nitrogens is 1. The van der Waals surface area contributed by atoms with Crippen molar-refractivity contribution in [3.8, 4) is 0 Å². The fourth-order valence-electron chi connectivity index (χ4n) is 2.08. The van der Waals surface area contributed by atoms with Crippen molar-refractivity contribution in [2.75, 3.05) is 6.54 Å². The van der Waals surface area contributed by atoms with Gasteiger partial charge in [0.1, 0.15) is 0 Å². The summed E-state index contributed by atoms with van der Waals surface area (Å²) in [5, 5.41) is 5.80. The third-order valence-electron chi connectivity index (χ3n) is 3.02. The molecule has 0 fully saturated rings. The maximum absolute atomic E-state index is 4.28. The van der Waals surface area contributed by atoms with E-state index in [4.69, 9.17) is 0 Å². The molecular formula is C15H20N2S. The third-order valence-corrected chi connectivity index (χ3v) is 4.10. The largest absolute Gasteiger partial charge is 0.306 e. The number of nitrogens with one attached hydrogen (secondary N) is 1. The first kappa shape index (κ1) is 13.2. The topological polar surface area (TPSA) is 24.9 Å². The molecule has 0 bridgehead atoms. The minimum absolute atomic E-state index is 0.298. The maximum Gasteiger partial charge on any atom is 0.0674 e. The van der Waals surface area contributed by atoms with Gasteiger partial charge >= 0.3 is 0 Å². The Morgan fingerprint density at radius 1 is 1.33 bits per heavy atom. The number of thiophene rings is 1. The van der Waals surface area contributed by atoms with E-state index >= 15 is 0 Å². The molecule has 1 unspecified atom stereocenters. The summed E-state index contributed by atoms with van der Waals surface area (Å²) >= 11 is 1.83. The van der Waals surface area contributed by atoms with Gasteiger partial charge in [-0.05, 0) is 61.5 Å². The molecule has 0 aliphatic carbocycles. The van der Waals surface area contributed by atoms with E-state index in [-0.39, 0.29) is 0 Å². The summed E-state index contributed by atoms with van der Waals surface area (Å²) in [6.45, 7) is 7.45. The number of pyridine rings is 1. The van der Waals surface area contributed by atoms with E-state index in [1.165, 1.54) is 16.0 Å². The van der Waals surface area contributed by atoms with Crippen LogP contribution >= 0.6 is 11.3 Å². The predicted octanol–water partition coefficient (Wildman–Crippen LogP) is 3.85. The van der Waals surface area contributed by atoms with Gasteiger partial charge in [-0.3, -0.25) is 4.98 Å². The fraction of sp³-hybridized carbons (Fsp3) is 0.400. The first-order chi connectivity index (χ1) is 8.72. The van der Waals surface area contributed by atoms with Crippen molar-refractivity contribution in [3.05, 3.63) is 51.5 Å². The zero-order chi connectivity index (χ0) is 13.0. The molecular weight excluding hydrogens is 240 g/mol. The van der Waals surface area contributed by atoms with Gasteiger partial charge in [-0.2, -0.15) is 0 Å². The van der Waals surface area contributed by atoms with Crippen LogP contribution in [-0.2, 0) is 0 Å². The molecule has 0 aromatic carbocycles. The van der Waals surface area contributed by atoms with Crippen molar-refractivity contribution in [2.24, 2.45) is 0 Å². The van der Waals surface area contributed by atoms with E-state index in [2.05, 4.69) is 47.7 Å². The molecule has 1 atom stereocenters. The standard InChI is InChI=1S/C15H20N2S/c1-4-7-17-14(15-11(2)6-9-18-15)13-5-8-16-12(3)10-13/h5-6,8-10,14,17H,4,7H2,1-3H3. The Balaban J connectivity index is 2.33. The van der Waals surface area contributed by atoms with Crippen molar-refractivity contribution < 1.29 is 0 Å². The Morgan fingerprint density at radius 2 is 2.17 bits per heavy atom. The Kier molecular flexibility index (Phi) is 4.50. The highest BCUT2D eigenvalue weighted by molar-refractivity contribution is 7.10. The second-order valence-corrected chi connectivity index (χ2v) is 5.53. The number of hydrogen-bond donors (Lipinski definition) is 1. The molecule has 2 heterocycles. The van der Waals surface area contributed by atoms with Crippen LogP contribution < -0.4 is 5.32 Å². The van der Waals surface area contributed by atoms with Gasteiger partial charge in [0.25, 0.3) is 0 Å². The summed E-state index contributed by atoms with van der Waals surface area (Å²) in [5.74, 6) is 0. The first-order valence-electron chi connectivity index (χ1n) is 6.42. The molecule has 96 valence electrons. The molecule has 2 nitrogen and oxygen atoms in total. The molecule has 2 rings (SSSR count). The Bertz CT molecular complexity index is 505. The van der Waals surface area contributed by atoms with Crippen LogP contribution in [0, 0.1) is 13.8 Å². The highest BCUT2D eigenvalue weighted by Crippen LogP contribution is 2.29. The zero-order valence-corrected chi connectivity index (χ0v) is 12.1. The van der Waals surface area contributed by atoms with Gasteiger partial charge in [-0.1, -0.05) is 6.92 Å². The zero-order valence-electron chi connectivity index (χ0n) is 11.2. The van der Waals surface area contributed by atoms with E-state index in [1.807, 2.05) is 24.5 Å². The monoisotopic (exact) mass is 260 g/mol. The van der Waals surface area contributed by atoms with Crippen LogP contribution in [0.5, 0.6) is 0 Å². The van der Waals surface area contributed by atoms with E-state index in [9.17, 15) is 0 Å². The lowest BCUT2D eigenvalue weighted by atomic mass is 10.0. The molecule has 2 aromatic heterocycles. The van der Waals surface area contributed by atoms with Gasteiger partial charge in [-0.15, -0.1) is 11.3 Å². The van der Waals surface area contributed by atoms with E-state index in [1.54, 1.807) is 0 Å². The molecule has 0 spiro atoms. The minimum Gasteiger partial charge on any atom is -0.306 e. The van der Waals surface area contributed by atoms with E-state index in [0.29, 0.717) is 6.04 Å². The van der Waals surface area contributed by atoms with Crippen molar-refractivity contribution in [2.45, 2.75) is 33.2 Å². The molecule has 3 heteroatoms. The molecule has 18 heavy (non-hydrogen) atoms. The molecule has 0 saturated carbocycles.